The Balaban J connectivity index is 2.21. The van der Waals surface area contributed by atoms with Crippen molar-refractivity contribution < 1.29 is 28.8 Å². The summed E-state index contributed by atoms with van der Waals surface area (Å²) in [6, 6.07) is 2.73. The van der Waals surface area contributed by atoms with Gasteiger partial charge in [-0.25, -0.2) is 9.59 Å². The van der Waals surface area contributed by atoms with E-state index >= 15 is 0 Å². The first-order valence-electron chi connectivity index (χ1n) is 7.26. The first-order chi connectivity index (χ1) is 11.9. The molecule has 1 fully saturated rings. The molecule has 0 spiro atoms. The average Bonchev–Trinajstić information content (AvgIpc) is 2.59. The molecular formula is C14H16N4O7. The highest BCUT2D eigenvalue weighted by Crippen LogP contribution is 2.27. The second-order valence-corrected chi connectivity index (χ2v) is 5.05. The van der Waals surface area contributed by atoms with E-state index in [2.05, 4.69) is 0 Å². The van der Waals surface area contributed by atoms with Crippen LogP contribution in [0.5, 0.6) is 0 Å². The molecule has 0 saturated carbocycles. The predicted molar refractivity (Wildman–Crippen MR) is 84.1 cm³/mol. The first-order valence-corrected chi connectivity index (χ1v) is 7.26. The Morgan fingerprint density at radius 3 is 2.60 bits per heavy atom. The summed E-state index contributed by atoms with van der Waals surface area (Å²) in [5.74, 6) is -1.83. The number of nitro benzene ring substituents is 1. The number of nitrogens with two attached hydrogens (primary N) is 1. The number of primary amides is 1. The van der Waals surface area contributed by atoms with Gasteiger partial charge in [-0.3, -0.25) is 20.2 Å². The van der Waals surface area contributed by atoms with E-state index in [0.29, 0.717) is 32.0 Å². The fourth-order valence-electron chi connectivity index (χ4n) is 2.26. The van der Waals surface area contributed by atoms with Crippen molar-refractivity contribution in [3.8, 4) is 0 Å². The summed E-state index contributed by atoms with van der Waals surface area (Å²) in [6.45, 7) is 1.16. The minimum Gasteiger partial charge on any atom is -0.452 e. The molecule has 0 atom stereocenters. The van der Waals surface area contributed by atoms with Crippen LogP contribution in [0.25, 0.3) is 0 Å². The Morgan fingerprint density at radius 2 is 2.00 bits per heavy atom. The molecule has 0 aromatic heterocycles. The van der Waals surface area contributed by atoms with Crippen LogP contribution in [0.15, 0.2) is 18.2 Å². The maximum atomic E-state index is 12.3. The van der Waals surface area contributed by atoms with Crippen molar-refractivity contribution in [3.63, 3.8) is 0 Å². The number of ether oxygens (including phenoxy) is 2. The highest BCUT2D eigenvalue weighted by molar-refractivity contribution is 5.99. The molecule has 3 amide bonds. The normalized spacial score (nSPS) is 13.8. The van der Waals surface area contributed by atoms with Crippen LogP contribution in [-0.4, -0.2) is 55.7 Å². The van der Waals surface area contributed by atoms with E-state index in [1.807, 2.05) is 4.90 Å². The smallest absolute Gasteiger partial charge is 0.341 e. The SMILES string of the molecule is NC(=O)NC(=O)COC(=O)c1cc([N+](=O)[O-])ccc1N1CCOCC1. The summed E-state index contributed by atoms with van der Waals surface area (Å²) >= 11 is 0. The fourth-order valence-corrected chi connectivity index (χ4v) is 2.26. The Kier molecular flexibility index (Phi) is 5.84. The second-order valence-electron chi connectivity index (χ2n) is 5.05. The second kappa shape index (κ2) is 8.06. The van der Waals surface area contributed by atoms with Crippen LogP contribution >= 0.6 is 0 Å². The van der Waals surface area contributed by atoms with Crippen molar-refractivity contribution in [2.75, 3.05) is 37.8 Å². The number of nitrogens with one attached hydrogen (secondary N) is 1. The first kappa shape index (κ1) is 18.1. The Morgan fingerprint density at radius 1 is 1.32 bits per heavy atom. The number of amides is 3. The summed E-state index contributed by atoms with van der Waals surface area (Å²) in [5.41, 5.74) is 4.88. The number of nitro groups is 1. The lowest BCUT2D eigenvalue weighted by Gasteiger charge is -2.30. The van der Waals surface area contributed by atoms with Crippen LogP contribution in [0.4, 0.5) is 16.2 Å². The van der Waals surface area contributed by atoms with E-state index in [-0.39, 0.29) is 11.3 Å². The van der Waals surface area contributed by atoms with Crippen molar-refractivity contribution in [3.05, 3.63) is 33.9 Å². The lowest BCUT2D eigenvalue weighted by molar-refractivity contribution is -0.384. The van der Waals surface area contributed by atoms with Gasteiger partial charge in [-0.15, -0.1) is 0 Å². The Hall–Kier alpha value is -3.21. The number of nitrogens with zero attached hydrogens (tertiary/aromatic N) is 2. The number of carbonyl (C=O) groups excluding carboxylic acids is 3. The predicted octanol–water partition coefficient (Wildman–Crippen LogP) is -0.217. The standard InChI is InChI=1S/C14H16N4O7/c15-14(21)16-12(19)8-25-13(20)10-7-9(18(22)23)1-2-11(10)17-3-5-24-6-4-17/h1-2,7H,3-6,8H2,(H3,15,16,19,21). The van der Waals surface area contributed by atoms with Gasteiger partial charge in [-0.1, -0.05) is 0 Å². The number of hydrogen-bond donors (Lipinski definition) is 2. The number of anilines is 1. The third kappa shape index (κ3) is 4.88. The zero-order chi connectivity index (χ0) is 18.4. The third-order valence-corrected chi connectivity index (χ3v) is 3.36. The molecule has 2 rings (SSSR count). The molecular weight excluding hydrogens is 336 g/mol. The quantitative estimate of drug-likeness (QED) is 0.419. The zero-order valence-electron chi connectivity index (χ0n) is 13.1. The van der Waals surface area contributed by atoms with Crippen LogP contribution < -0.4 is 16.0 Å². The number of non-ortho nitro benzene ring substituents is 1. The number of carbonyl (C=O) groups is 3. The molecule has 0 bridgehead atoms. The van der Waals surface area contributed by atoms with Crippen molar-refractivity contribution in [2.24, 2.45) is 5.73 Å². The number of esters is 1. The summed E-state index contributed by atoms with van der Waals surface area (Å²) in [4.78, 5) is 46.3. The maximum Gasteiger partial charge on any atom is 0.341 e. The number of rotatable bonds is 5. The Labute approximate surface area is 141 Å². The van der Waals surface area contributed by atoms with E-state index < -0.39 is 29.4 Å². The van der Waals surface area contributed by atoms with Crippen molar-refractivity contribution >= 4 is 29.3 Å². The maximum absolute atomic E-state index is 12.3. The summed E-state index contributed by atoms with van der Waals surface area (Å²) < 4.78 is 10.1. The van der Waals surface area contributed by atoms with Gasteiger partial charge in [0.1, 0.15) is 0 Å². The van der Waals surface area contributed by atoms with Gasteiger partial charge in [0.15, 0.2) is 6.61 Å². The molecule has 3 N–H and O–H groups in total. The number of urea groups is 1. The largest absolute Gasteiger partial charge is 0.452 e. The summed E-state index contributed by atoms with van der Waals surface area (Å²) in [7, 11) is 0. The molecule has 0 unspecified atom stereocenters. The van der Waals surface area contributed by atoms with Gasteiger partial charge in [-0.05, 0) is 6.07 Å². The van der Waals surface area contributed by atoms with Crippen LogP contribution in [0.2, 0.25) is 0 Å². The van der Waals surface area contributed by atoms with Crippen molar-refractivity contribution in [1.82, 2.24) is 5.32 Å². The Bertz CT molecular complexity index is 700. The van der Waals surface area contributed by atoms with Crippen LogP contribution in [0.1, 0.15) is 10.4 Å². The molecule has 134 valence electrons. The monoisotopic (exact) mass is 352 g/mol. The molecule has 1 aromatic carbocycles. The highest BCUT2D eigenvalue weighted by atomic mass is 16.6. The molecule has 1 saturated heterocycles. The van der Waals surface area contributed by atoms with Crippen LogP contribution in [-0.2, 0) is 14.3 Å². The average molecular weight is 352 g/mol. The minimum atomic E-state index is -1.08. The van der Waals surface area contributed by atoms with Gasteiger partial charge in [0, 0.05) is 25.2 Å². The molecule has 1 heterocycles. The van der Waals surface area contributed by atoms with E-state index in [4.69, 9.17) is 15.2 Å². The zero-order valence-corrected chi connectivity index (χ0v) is 13.1. The molecule has 1 aromatic rings. The van der Waals surface area contributed by atoms with Gasteiger partial charge in [0.2, 0.25) is 0 Å². The number of hydrogen-bond acceptors (Lipinski definition) is 8. The number of morpholine rings is 1. The fraction of sp³-hybridized carbons (Fsp3) is 0.357. The van der Waals surface area contributed by atoms with E-state index in [9.17, 15) is 24.5 Å². The molecule has 0 aliphatic carbocycles. The lowest BCUT2D eigenvalue weighted by atomic mass is 10.1. The topological polar surface area (TPSA) is 154 Å². The van der Waals surface area contributed by atoms with Gasteiger partial charge in [-0.2, -0.15) is 0 Å². The summed E-state index contributed by atoms with van der Waals surface area (Å²) in [6.07, 6.45) is 0. The van der Waals surface area contributed by atoms with E-state index in [0.717, 1.165) is 6.07 Å². The number of imide groups is 1. The molecule has 1 aliphatic heterocycles. The van der Waals surface area contributed by atoms with Crippen LogP contribution in [0.3, 0.4) is 0 Å². The third-order valence-electron chi connectivity index (χ3n) is 3.36. The molecule has 1 aliphatic rings. The molecule has 0 radical (unpaired) electrons. The van der Waals surface area contributed by atoms with E-state index in [1.165, 1.54) is 12.1 Å². The summed E-state index contributed by atoms with van der Waals surface area (Å²) in [5, 5.41) is 12.7. The molecule has 25 heavy (non-hydrogen) atoms. The van der Waals surface area contributed by atoms with Gasteiger partial charge in [0.25, 0.3) is 11.6 Å². The van der Waals surface area contributed by atoms with Crippen molar-refractivity contribution in [1.29, 1.82) is 0 Å². The molecule has 11 nitrogen and oxygen atoms in total. The number of benzene rings is 1. The molecule has 11 heteroatoms. The van der Waals surface area contributed by atoms with Crippen LogP contribution in [0, 0.1) is 10.1 Å². The van der Waals surface area contributed by atoms with Gasteiger partial charge in [0.05, 0.1) is 29.4 Å². The lowest BCUT2D eigenvalue weighted by Crippen LogP contribution is -2.38. The van der Waals surface area contributed by atoms with Crippen molar-refractivity contribution in [2.45, 2.75) is 0 Å². The van der Waals surface area contributed by atoms with Gasteiger partial charge < -0.3 is 20.1 Å². The van der Waals surface area contributed by atoms with E-state index in [1.54, 1.807) is 5.32 Å². The minimum absolute atomic E-state index is 0.0528. The van der Waals surface area contributed by atoms with Gasteiger partial charge >= 0.3 is 12.0 Å². The highest BCUT2D eigenvalue weighted by Gasteiger charge is 2.23.